The number of nitrogens with zero attached hydrogens (tertiary/aromatic N) is 2. The SMILES string of the molecule is Cc1nc2c([nH]c1=O)c(=O)[nH]c(=O)n2C. The Morgan fingerprint density at radius 1 is 1.13 bits per heavy atom. The van der Waals surface area contributed by atoms with Crippen LogP contribution in [0.3, 0.4) is 0 Å². The summed E-state index contributed by atoms with van der Waals surface area (Å²) in [5, 5.41) is 0. The molecule has 0 aliphatic rings. The first-order chi connectivity index (χ1) is 7.00. The van der Waals surface area contributed by atoms with E-state index in [1.165, 1.54) is 18.5 Å². The molecule has 0 aliphatic heterocycles. The minimum atomic E-state index is -0.641. The Hall–Kier alpha value is -2.18. The van der Waals surface area contributed by atoms with E-state index in [0.29, 0.717) is 0 Å². The zero-order valence-corrected chi connectivity index (χ0v) is 8.12. The van der Waals surface area contributed by atoms with Gasteiger partial charge in [-0.1, -0.05) is 0 Å². The Kier molecular flexibility index (Phi) is 1.82. The predicted molar refractivity (Wildman–Crippen MR) is 53.0 cm³/mol. The van der Waals surface area contributed by atoms with E-state index in [0.717, 1.165) is 0 Å². The zero-order valence-electron chi connectivity index (χ0n) is 8.12. The summed E-state index contributed by atoms with van der Waals surface area (Å²) >= 11 is 0. The van der Waals surface area contributed by atoms with Crippen LogP contribution >= 0.6 is 0 Å². The first-order valence-electron chi connectivity index (χ1n) is 4.20. The van der Waals surface area contributed by atoms with Gasteiger partial charge in [0, 0.05) is 7.05 Å². The van der Waals surface area contributed by atoms with E-state index in [1.807, 2.05) is 0 Å². The molecular formula is C8H8N4O3. The quantitative estimate of drug-likeness (QED) is 0.557. The van der Waals surface area contributed by atoms with Gasteiger partial charge in [-0.3, -0.25) is 19.1 Å². The highest BCUT2D eigenvalue weighted by molar-refractivity contribution is 5.68. The summed E-state index contributed by atoms with van der Waals surface area (Å²) in [6.45, 7) is 1.50. The van der Waals surface area contributed by atoms with Crippen LogP contribution in [0.15, 0.2) is 14.4 Å². The molecule has 2 aromatic rings. The standard InChI is InChI=1S/C8H8N4O3/c1-3-6(13)10-4-5(9-3)12(2)8(15)11-7(4)14/h1-2H3,(H,10,13)(H,11,14,15). The van der Waals surface area contributed by atoms with Crippen molar-refractivity contribution in [2.75, 3.05) is 0 Å². The van der Waals surface area contributed by atoms with E-state index in [4.69, 9.17) is 0 Å². The van der Waals surface area contributed by atoms with Gasteiger partial charge in [-0.2, -0.15) is 0 Å². The van der Waals surface area contributed by atoms with Gasteiger partial charge >= 0.3 is 5.69 Å². The number of hydrogen-bond acceptors (Lipinski definition) is 4. The van der Waals surface area contributed by atoms with Gasteiger partial charge in [0.25, 0.3) is 11.1 Å². The topological polar surface area (TPSA) is 101 Å². The normalized spacial score (nSPS) is 10.8. The maximum absolute atomic E-state index is 11.3. The second-order valence-electron chi connectivity index (χ2n) is 3.17. The molecule has 0 atom stereocenters. The van der Waals surface area contributed by atoms with Gasteiger partial charge in [0.1, 0.15) is 5.69 Å². The van der Waals surface area contributed by atoms with E-state index >= 15 is 0 Å². The van der Waals surface area contributed by atoms with Crippen molar-refractivity contribution in [3.8, 4) is 0 Å². The lowest BCUT2D eigenvalue weighted by Crippen LogP contribution is -2.31. The molecule has 0 aliphatic carbocycles. The first-order valence-corrected chi connectivity index (χ1v) is 4.20. The van der Waals surface area contributed by atoms with Crippen LogP contribution in [0.4, 0.5) is 0 Å². The van der Waals surface area contributed by atoms with Crippen LogP contribution in [0.2, 0.25) is 0 Å². The highest BCUT2D eigenvalue weighted by atomic mass is 16.2. The molecule has 15 heavy (non-hydrogen) atoms. The smallest absolute Gasteiger partial charge is 0.313 e. The van der Waals surface area contributed by atoms with Gasteiger partial charge in [0.05, 0.1) is 0 Å². The van der Waals surface area contributed by atoms with Crippen LogP contribution in [0.25, 0.3) is 11.2 Å². The highest BCUT2D eigenvalue weighted by Gasteiger charge is 2.08. The molecular weight excluding hydrogens is 200 g/mol. The first kappa shape index (κ1) is 9.38. The van der Waals surface area contributed by atoms with Crippen molar-refractivity contribution in [3.63, 3.8) is 0 Å². The zero-order chi connectivity index (χ0) is 11.2. The molecule has 2 N–H and O–H groups in total. The molecule has 7 nitrogen and oxygen atoms in total. The van der Waals surface area contributed by atoms with E-state index in [2.05, 4.69) is 15.0 Å². The second kappa shape index (κ2) is 2.91. The van der Waals surface area contributed by atoms with Gasteiger partial charge in [-0.25, -0.2) is 9.78 Å². The average Bonchev–Trinajstić information content (AvgIpc) is 2.18. The fourth-order valence-electron chi connectivity index (χ4n) is 1.27. The summed E-state index contributed by atoms with van der Waals surface area (Å²) in [6.07, 6.45) is 0. The van der Waals surface area contributed by atoms with Crippen LogP contribution in [-0.2, 0) is 7.05 Å². The van der Waals surface area contributed by atoms with Gasteiger partial charge < -0.3 is 4.98 Å². The number of hydrogen-bond donors (Lipinski definition) is 2. The molecule has 0 aromatic carbocycles. The van der Waals surface area contributed by atoms with Crippen LogP contribution in [0, 0.1) is 6.92 Å². The second-order valence-corrected chi connectivity index (χ2v) is 3.17. The minimum Gasteiger partial charge on any atom is -0.313 e. The lowest BCUT2D eigenvalue weighted by atomic mass is 10.4. The van der Waals surface area contributed by atoms with Crippen molar-refractivity contribution in [2.24, 2.45) is 7.05 Å². The Bertz CT molecular complexity index is 706. The molecule has 0 fully saturated rings. The largest absolute Gasteiger partial charge is 0.329 e. The molecule has 2 rings (SSSR count). The van der Waals surface area contributed by atoms with Crippen molar-refractivity contribution in [2.45, 2.75) is 6.92 Å². The molecule has 0 unspecified atom stereocenters. The Labute approximate surface area is 82.4 Å². The number of fused-ring (bicyclic) bond motifs is 1. The van der Waals surface area contributed by atoms with Gasteiger partial charge in [0.2, 0.25) is 0 Å². The summed E-state index contributed by atoms with van der Waals surface area (Å²) in [5.74, 6) is 0. The van der Waals surface area contributed by atoms with E-state index < -0.39 is 16.8 Å². The Morgan fingerprint density at radius 3 is 2.47 bits per heavy atom. The fraction of sp³-hybridized carbons (Fsp3) is 0.250. The van der Waals surface area contributed by atoms with Gasteiger partial charge in [-0.05, 0) is 6.92 Å². The van der Waals surface area contributed by atoms with E-state index in [-0.39, 0.29) is 16.9 Å². The van der Waals surface area contributed by atoms with Gasteiger partial charge in [0.15, 0.2) is 11.2 Å². The van der Waals surface area contributed by atoms with E-state index in [9.17, 15) is 14.4 Å². The maximum atomic E-state index is 11.3. The third-order valence-corrected chi connectivity index (χ3v) is 2.13. The van der Waals surface area contributed by atoms with Crippen LogP contribution in [0.5, 0.6) is 0 Å². The molecule has 78 valence electrons. The number of aryl methyl sites for hydroxylation is 2. The van der Waals surface area contributed by atoms with Crippen molar-refractivity contribution < 1.29 is 0 Å². The molecule has 2 heterocycles. The molecule has 0 saturated heterocycles. The lowest BCUT2D eigenvalue weighted by molar-refractivity contribution is 0.818. The number of nitrogens with one attached hydrogen (secondary N) is 2. The summed E-state index contributed by atoms with van der Waals surface area (Å²) in [4.78, 5) is 42.1. The summed E-state index contributed by atoms with van der Waals surface area (Å²) in [6, 6.07) is 0. The summed E-state index contributed by atoms with van der Waals surface area (Å²) < 4.78 is 1.17. The summed E-state index contributed by atoms with van der Waals surface area (Å²) in [7, 11) is 1.46. The molecule has 0 bridgehead atoms. The van der Waals surface area contributed by atoms with Crippen LogP contribution in [0.1, 0.15) is 5.69 Å². The third-order valence-electron chi connectivity index (χ3n) is 2.13. The number of aromatic nitrogens is 4. The van der Waals surface area contributed by atoms with Crippen molar-refractivity contribution in [1.29, 1.82) is 0 Å². The minimum absolute atomic E-state index is 0.00713. The number of rotatable bonds is 0. The average molecular weight is 208 g/mol. The van der Waals surface area contributed by atoms with Crippen LogP contribution in [-0.4, -0.2) is 19.5 Å². The van der Waals surface area contributed by atoms with Gasteiger partial charge in [-0.15, -0.1) is 0 Å². The molecule has 0 spiro atoms. The number of H-pyrrole nitrogens is 2. The number of aromatic amines is 2. The molecule has 0 radical (unpaired) electrons. The monoisotopic (exact) mass is 208 g/mol. The third kappa shape index (κ3) is 1.28. The Morgan fingerprint density at radius 2 is 1.80 bits per heavy atom. The lowest BCUT2D eigenvalue weighted by Gasteiger charge is -2.02. The molecule has 7 heteroatoms. The van der Waals surface area contributed by atoms with Crippen LogP contribution < -0.4 is 16.8 Å². The van der Waals surface area contributed by atoms with Crippen molar-refractivity contribution in [1.82, 2.24) is 19.5 Å². The highest BCUT2D eigenvalue weighted by Crippen LogP contribution is 1.96. The van der Waals surface area contributed by atoms with E-state index in [1.54, 1.807) is 0 Å². The fourth-order valence-corrected chi connectivity index (χ4v) is 1.27. The molecule has 0 amide bonds. The van der Waals surface area contributed by atoms with Crippen molar-refractivity contribution >= 4 is 11.2 Å². The predicted octanol–water partition coefficient (Wildman–Crippen LogP) is -1.38. The Balaban J connectivity index is 3.18. The van der Waals surface area contributed by atoms with Crippen molar-refractivity contribution in [3.05, 3.63) is 36.9 Å². The summed E-state index contributed by atoms with van der Waals surface area (Å²) in [5.41, 5.74) is -1.26. The molecule has 2 aromatic heterocycles. The maximum Gasteiger partial charge on any atom is 0.329 e. The molecule has 0 saturated carbocycles.